The van der Waals surface area contributed by atoms with Crippen molar-refractivity contribution < 1.29 is 0 Å². The lowest BCUT2D eigenvalue weighted by atomic mass is 10.2. The van der Waals surface area contributed by atoms with Gasteiger partial charge in [-0.05, 0) is 12.1 Å². The van der Waals surface area contributed by atoms with Crippen molar-refractivity contribution in [1.82, 2.24) is 15.0 Å². The number of imidazole rings is 1. The fraction of sp³-hybridized carbons (Fsp3) is 0. The maximum atomic E-state index is 8.65. The molecule has 0 aliphatic heterocycles. The predicted octanol–water partition coefficient (Wildman–Crippen LogP) is 1.34. The van der Waals surface area contributed by atoms with Gasteiger partial charge in [-0.1, -0.05) is 0 Å². The zero-order valence-corrected chi connectivity index (χ0v) is 6.73. The lowest BCUT2D eigenvalue weighted by Crippen LogP contribution is -1.86. The van der Waals surface area contributed by atoms with Gasteiger partial charge in [-0.15, -0.1) is 0 Å². The molecule has 4 nitrogen and oxygen atoms in total. The van der Waals surface area contributed by atoms with Gasteiger partial charge in [0.2, 0.25) is 0 Å². The molecule has 0 unspecified atom stereocenters. The summed E-state index contributed by atoms with van der Waals surface area (Å²) < 4.78 is 0. The molecule has 0 aliphatic rings. The van der Waals surface area contributed by atoms with Crippen molar-refractivity contribution in [3.8, 4) is 17.6 Å². The highest BCUT2D eigenvalue weighted by Crippen LogP contribution is 2.11. The van der Waals surface area contributed by atoms with Crippen LogP contribution >= 0.6 is 0 Å². The third-order valence-corrected chi connectivity index (χ3v) is 1.63. The van der Waals surface area contributed by atoms with E-state index in [4.69, 9.17) is 5.26 Å². The Morgan fingerprint density at radius 1 is 1.31 bits per heavy atom. The van der Waals surface area contributed by atoms with Crippen molar-refractivity contribution in [3.05, 3.63) is 36.3 Å². The molecule has 2 aromatic heterocycles. The fourth-order valence-corrected chi connectivity index (χ4v) is 1.03. The van der Waals surface area contributed by atoms with Gasteiger partial charge in [0.05, 0.1) is 11.6 Å². The smallest absolute Gasteiger partial charge is 0.156 e. The maximum absolute atomic E-state index is 8.65. The first kappa shape index (κ1) is 7.50. The van der Waals surface area contributed by atoms with E-state index in [1.165, 1.54) is 0 Å². The Morgan fingerprint density at radius 2 is 2.23 bits per heavy atom. The van der Waals surface area contributed by atoms with Crippen molar-refractivity contribution in [2.75, 3.05) is 0 Å². The van der Waals surface area contributed by atoms with Crippen LogP contribution < -0.4 is 0 Å². The molecule has 4 heteroatoms. The molecule has 0 bridgehead atoms. The highest BCUT2D eigenvalue weighted by atomic mass is 14.9. The summed E-state index contributed by atoms with van der Waals surface area (Å²) in [4.78, 5) is 11.0. The van der Waals surface area contributed by atoms with Crippen LogP contribution in [0.5, 0.6) is 0 Å². The summed E-state index contributed by atoms with van der Waals surface area (Å²) in [5.74, 6) is 0.678. The molecule has 62 valence electrons. The van der Waals surface area contributed by atoms with Gasteiger partial charge in [-0.3, -0.25) is 4.98 Å². The van der Waals surface area contributed by atoms with E-state index in [0.29, 0.717) is 17.1 Å². The third-order valence-electron chi connectivity index (χ3n) is 1.63. The van der Waals surface area contributed by atoms with E-state index in [1.54, 1.807) is 30.7 Å². The summed E-state index contributed by atoms with van der Waals surface area (Å²) in [6.07, 6.45) is 4.96. The Kier molecular flexibility index (Phi) is 1.77. The molecule has 0 radical (unpaired) electrons. The molecule has 0 fully saturated rings. The number of hydrogen-bond acceptors (Lipinski definition) is 3. The number of aromatic nitrogens is 3. The van der Waals surface area contributed by atoms with E-state index in [9.17, 15) is 0 Å². The Morgan fingerprint density at radius 3 is 2.92 bits per heavy atom. The molecule has 0 atom stereocenters. The van der Waals surface area contributed by atoms with Crippen LogP contribution in [0.1, 0.15) is 5.56 Å². The van der Waals surface area contributed by atoms with Gasteiger partial charge in [0.1, 0.15) is 5.69 Å². The summed E-state index contributed by atoms with van der Waals surface area (Å²) in [6.45, 7) is 0. The zero-order valence-electron chi connectivity index (χ0n) is 6.73. The number of rotatable bonds is 1. The minimum atomic E-state index is 0.585. The van der Waals surface area contributed by atoms with Gasteiger partial charge < -0.3 is 4.98 Å². The molecule has 0 aliphatic carbocycles. The molecule has 0 saturated heterocycles. The van der Waals surface area contributed by atoms with E-state index in [1.807, 2.05) is 6.07 Å². The van der Waals surface area contributed by atoms with Gasteiger partial charge in [0, 0.05) is 18.6 Å². The summed E-state index contributed by atoms with van der Waals surface area (Å²) in [7, 11) is 0. The molecule has 0 aromatic carbocycles. The molecule has 0 amide bonds. The molecule has 2 aromatic rings. The standard InChI is InChI=1S/C9H6N4/c10-6-7-1-2-11-8(5-7)9-12-3-4-13-9/h1-5H,(H,12,13). The molecule has 13 heavy (non-hydrogen) atoms. The summed E-state index contributed by atoms with van der Waals surface area (Å²) in [5.41, 5.74) is 1.27. The monoisotopic (exact) mass is 170 g/mol. The van der Waals surface area contributed by atoms with Crippen LogP contribution in [0.25, 0.3) is 11.5 Å². The summed E-state index contributed by atoms with van der Waals surface area (Å²) in [6, 6.07) is 5.40. The highest BCUT2D eigenvalue weighted by Gasteiger charge is 2.01. The second kappa shape index (κ2) is 3.07. The van der Waals surface area contributed by atoms with Crippen LogP contribution in [0, 0.1) is 11.3 Å². The first-order valence-corrected chi connectivity index (χ1v) is 3.76. The topological polar surface area (TPSA) is 65.4 Å². The van der Waals surface area contributed by atoms with Crippen LogP contribution in [-0.4, -0.2) is 15.0 Å². The van der Waals surface area contributed by atoms with Crippen molar-refractivity contribution >= 4 is 0 Å². The maximum Gasteiger partial charge on any atom is 0.156 e. The molecule has 2 heterocycles. The van der Waals surface area contributed by atoms with Crippen LogP contribution in [0.15, 0.2) is 30.7 Å². The SMILES string of the molecule is N#Cc1ccnc(-c2ncc[nH]2)c1. The third kappa shape index (κ3) is 1.40. The average Bonchev–Trinajstić information content (AvgIpc) is 2.71. The number of pyridine rings is 1. The number of hydrogen-bond donors (Lipinski definition) is 1. The van der Waals surface area contributed by atoms with E-state index in [2.05, 4.69) is 15.0 Å². The Hall–Kier alpha value is -2.15. The van der Waals surface area contributed by atoms with Gasteiger partial charge in [-0.2, -0.15) is 5.26 Å². The molecular weight excluding hydrogens is 164 g/mol. The first-order chi connectivity index (χ1) is 6.40. The van der Waals surface area contributed by atoms with Crippen LogP contribution in [0.2, 0.25) is 0 Å². The van der Waals surface area contributed by atoms with E-state index in [-0.39, 0.29) is 0 Å². The lowest BCUT2D eigenvalue weighted by molar-refractivity contribution is 1.22. The predicted molar refractivity (Wildman–Crippen MR) is 46.5 cm³/mol. The number of nitrogens with zero attached hydrogens (tertiary/aromatic N) is 3. The second-order valence-electron chi connectivity index (χ2n) is 2.48. The summed E-state index contributed by atoms with van der Waals surface area (Å²) >= 11 is 0. The number of aromatic amines is 1. The van der Waals surface area contributed by atoms with Crippen LogP contribution in [0.3, 0.4) is 0 Å². The molecule has 2 rings (SSSR count). The van der Waals surface area contributed by atoms with E-state index in [0.717, 1.165) is 0 Å². The fourth-order valence-electron chi connectivity index (χ4n) is 1.03. The minimum absolute atomic E-state index is 0.585. The molecule has 1 N–H and O–H groups in total. The lowest BCUT2D eigenvalue weighted by Gasteiger charge is -1.94. The minimum Gasteiger partial charge on any atom is -0.343 e. The Balaban J connectivity index is 2.49. The first-order valence-electron chi connectivity index (χ1n) is 3.76. The molecular formula is C9H6N4. The molecule has 0 saturated carbocycles. The Labute approximate surface area is 74.9 Å². The van der Waals surface area contributed by atoms with Crippen molar-refractivity contribution in [1.29, 1.82) is 5.26 Å². The quantitative estimate of drug-likeness (QED) is 0.702. The van der Waals surface area contributed by atoms with E-state index >= 15 is 0 Å². The van der Waals surface area contributed by atoms with Crippen LogP contribution in [0.4, 0.5) is 0 Å². The number of nitrogens with one attached hydrogen (secondary N) is 1. The zero-order chi connectivity index (χ0) is 9.10. The van der Waals surface area contributed by atoms with Crippen molar-refractivity contribution in [2.45, 2.75) is 0 Å². The highest BCUT2D eigenvalue weighted by molar-refractivity contribution is 5.51. The number of nitriles is 1. The van der Waals surface area contributed by atoms with E-state index < -0.39 is 0 Å². The van der Waals surface area contributed by atoms with Crippen molar-refractivity contribution in [2.24, 2.45) is 0 Å². The second-order valence-corrected chi connectivity index (χ2v) is 2.48. The largest absolute Gasteiger partial charge is 0.343 e. The van der Waals surface area contributed by atoms with Gasteiger partial charge in [0.15, 0.2) is 5.82 Å². The Bertz CT molecular complexity index is 439. The van der Waals surface area contributed by atoms with Crippen molar-refractivity contribution in [3.63, 3.8) is 0 Å². The summed E-state index contributed by atoms with van der Waals surface area (Å²) in [5, 5.41) is 8.65. The molecule has 0 spiro atoms. The van der Waals surface area contributed by atoms with Gasteiger partial charge >= 0.3 is 0 Å². The average molecular weight is 170 g/mol. The van der Waals surface area contributed by atoms with Gasteiger partial charge in [0.25, 0.3) is 0 Å². The van der Waals surface area contributed by atoms with Crippen LogP contribution in [-0.2, 0) is 0 Å². The normalized spacial score (nSPS) is 9.46. The number of H-pyrrole nitrogens is 1. The van der Waals surface area contributed by atoms with Gasteiger partial charge in [-0.25, -0.2) is 4.98 Å².